The Morgan fingerprint density at radius 3 is 2.57 bits per heavy atom. The van der Waals surface area contributed by atoms with Gasteiger partial charge in [-0.25, -0.2) is 4.68 Å². The first-order chi connectivity index (χ1) is 14.6. The first-order valence-corrected chi connectivity index (χ1v) is 10.4. The van der Waals surface area contributed by atoms with Gasteiger partial charge in [-0.1, -0.05) is 65.4 Å². The minimum atomic E-state index is -0.0692. The number of rotatable bonds is 5. The summed E-state index contributed by atoms with van der Waals surface area (Å²) < 4.78 is 1.66. The van der Waals surface area contributed by atoms with Crippen LogP contribution in [0.1, 0.15) is 21.7 Å². The van der Waals surface area contributed by atoms with E-state index in [0.29, 0.717) is 23.8 Å². The Morgan fingerprint density at radius 1 is 1.07 bits per heavy atom. The Hall–Kier alpha value is -2.96. The maximum absolute atomic E-state index is 13.0. The maximum atomic E-state index is 13.0. The molecule has 0 spiro atoms. The molecule has 0 unspecified atom stereocenters. The minimum absolute atomic E-state index is 0.0692. The number of nitrogens with zero attached hydrogens (tertiary/aromatic N) is 5. The zero-order valence-corrected chi connectivity index (χ0v) is 17.7. The molecule has 7 heteroatoms. The van der Waals surface area contributed by atoms with E-state index in [4.69, 9.17) is 11.6 Å². The number of halogens is 1. The molecule has 2 heterocycles. The summed E-state index contributed by atoms with van der Waals surface area (Å²) >= 11 is 6.08. The predicted octanol–water partition coefficient (Wildman–Crippen LogP) is 3.70. The number of benzene rings is 2. The lowest BCUT2D eigenvalue weighted by Crippen LogP contribution is -2.48. The van der Waals surface area contributed by atoms with Gasteiger partial charge in [0.25, 0.3) is 5.91 Å². The fraction of sp³-hybridized carbons (Fsp3) is 0.261. The van der Waals surface area contributed by atoms with Gasteiger partial charge in [-0.2, -0.15) is 0 Å². The third-order valence-electron chi connectivity index (χ3n) is 5.28. The fourth-order valence-electron chi connectivity index (χ4n) is 3.57. The lowest BCUT2D eigenvalue weighted by Gasteiger charge is -2.33. The Morgan fingerprint density at radius 2 is 1.83 bits per heavy atom. The van der Waals surface area contributed by atoms with E-state index in [9.17, 15) is 4.79 Å². The Kier molecular flexibility index (Phi) is 6.26. The lowest BCUT2D eigenvalue weighted by atomic mass is 10.2. The fourth-order valence-corrected chi connectivity index (χ4v) is 3.75. The van der Waals surface area contributed by atoms with Crippen LogP contribution in [0.5, 0.6) is 0 Å². The van der Waals surface area contributed by atoms with Gasteiger partial charge in [-0.05, 0) is 30.7 Å². The number of hydrogen-bond donors (Lipinski definition) is 0. The Balaban J connectivity index is 1.35. The summed E-state index contributed by atoms with van der Waals surface area (Å²) in [5, 5.41) is 8.94. The molecular formula is C23H24ClN5O. The second-order valence-electron chi connectivity index (χ2n) is 7.32. The maximum Gasteiger partial charge on any atom is 0.276 e. The standard InChI is InChI=1S/C23H24ClN5O/c1-18-22(25-26-29(18)21-11-5-10-20(24)17-21)23(30)28-15-13-27(14-16-28)12-6-9-19-7-3-2-4-8-19/h2-11,17H,12-16H2,1H3/b9-6+. The van der Waals surface area contributed by atoms with Crippen LogP contribution in [0.4, 0.5) is 0 Å². The van der Waals surface area contributed by atoms with Gasteiger partial charge in [-0.15, -0.1) is 5.10 Å². The molecule has 1 amide bonds. The molecule has 30 heavy (non-hydrogen) atoms. The second kappa shape index (κ2) is 9.24. The highest BCUT2D eigenvalue weighted by Crippen LogP contribution is 2.18. The van der Waals surface area contributed by atoms with Gasteiger partial charge in [0.05, 0.1) is 11.4 Å². The highest BCUT2D eigenvalue weighted by Gasteiger charge is 2.26. The Labute approximate surface area is 181 Å². The highest BCUT2D eigenvalue weighted by molar-refractivity contribution is 6.30. The van der Waals surface area contributed by atoms with Gasteiger partial charge in [0, 0.05) is 37.7 Å². The second-order valence-corrected chi connectivity index (χ2v) is 7.76. The van der Waals surface area contributed by atoms with Crippen molar-refractivity contribution in [3.8, 4) is 5.69 Å². The average molecular weight is 422 g/mol. The first-order valence-electron chi connectivity index (χ1n) is 10.0. The van der Waals surface area contributed by atoms with Gasteiger partial charge in [0.2, 0.25) is 0 Å². The van der Waals surface area contributed by atoms with Crippen molar-refractivity contribution in [1.82, 2.24) is 24.8 Å². The van der Waals surface area contributed by atoms with E-state index >= 15 is 0 Å². The number of amides is 1. The lowest BCUT2D eigenvalue weighted by molar-refractivity contribution is 0.0643. The molecule has 1 aromatic heterocycles. The van der Waals surface area contributed by atoms with Crippen LogP contribution in [0.15, 0.2) is 60.7 Å². The molecule has 1 fully saturated rings. The number of piperazine rings is 1. The van der Waals surface area contributed by atoms with Crippen LogP contribution < -0.4 is 0 Å². The summed E-state index contributed by atoms with van der Waals surface area (Å²) in [7, 11) is 0. The summed E-state index contributed by atoms with van der Waals surface area (Å²) in [6.07, 6.45) is 4.31. The van der Waals surface area contributed by atoms with E-state index in [1.807, 2.05) is 42.2 Å². The van der Waals surface area contributed by atoms with Crippen LogP contribution in [0, 0.1) is 6.92 Å². The summed E-state index contributed by atoms with van der Waals surface area (Å²) in [6.45, 7) is 5.78. The topological polar surface area (TPSA) is 54.3 Å². The number of hydrogen-bond acceptors (Lipinski definition) is 4. The van der Waals surface area contributed by atoms with Crippen LogP contribution in [0.25, 0.3) is 11.8 Å². The molecule has 154 valence electrons. The van der Waals surface area contributed by atoms with Crippen LogP contribution in [0.3, 0.4) is 0 Å². The molecule has 6 nitrogen and oxygen atoms in total. The monoisotopic (exact) mass is 421 g/mol. The van der Waals surface area contributed by atoms with Gasteiger partial charge in [0.1, 0.15) is 0 Å². The van der Waals surface area contributed by atoms with E-state index in [0.717, 1.165) is 31.0 Å². The molecule has 0 N–H and O–H groups in total. The summed E-state index contributed by atoms with van der Waals surface area (Å²) in [6, 6.07) is 17.6. The summed E-state index contributed by atoms with van der Waals surface area (Å²) in [5.74, 6) is -0.0692. The van der Waals surface area contributed by atoms with E-state index in [1.54, 1.807) is 16.8 Å². The van der Waals surface area contributed by atoms with Crippen molar-refractivity contribution in [1.29, 1.82) is 0 Å². The molecule has 2 aromatic carbocycles. The zero-order valence-electron chi connectivity index (χ0n) is 16.9. The van der Waals surface area contributed by atoms with Crippen LogP contribution >= 0.6 is 11.6 Å². The van der Waals surface area contributed by atoms with E-state index in [2.05, 4.69) is 39.5 Å². The average Bonchev–Trinajstić information content (AvgIpc) is 3.16. The minimum Gasteiger partial charge on any atom is -0.335 e. The molecule has 3 aromatic rings. The highest BCUT2D eigenvalue weighted by atomic mass is 35.5. The van der Waals surface area contributed by atoms with E-state index in [1.165, 1.54) is 5.56 Å². The van der Waals surface area contributed by atoms with Gasteiger partial charge >= 0.3 is 0 Å². The van der Waals surface area contributed by atoms with Crippen molar-refractivity contribution in [2.45, 2.75) is 6.92 Å². The number of carbonyl (C=O) groups excluding carboxylic acids is 1. The number of aromatic nitrogens is 3. The van der Waals surface area contributed by atoms with Gasteiger partial charge < -0.3 is 4.90 Å². The predicted molar refractivity (Wildman–Crippen MR) is 119 cm³/mol. The van der Waals surface area contributed by atoms with Crippen LogP contribution in [0.2, 0.25) is 5.02 Å². The molecule has 0 atom stereocenters. The zero-order chi connectivity index (χ0) is 20.9. The van der Waals surface area contributed by atoms with Crippen molar-refractivity contribution in [3.05, 3.63) is 82.6 Å². The molecule has 0 aliphatic carbocycles. The van der Waals surface area contributed by atoms with Crippen molar-refractivity contribution in [2.24, 2.45) is 0 Å². The van der Waals surface area contributed by atoms with E-state index < -0.39 is 0 Å². The molecule has 0 saturated carbocycles. The SMILES string of the molecule is Cc1c(C(=O)N2CCN(C/C=C/c3ccccc3)CC2)nnn1-c1cccc(Cl)c1. The molecule has 0 radical (unpaired) electrons. The molecule has 1 aliphatic heterocycles. The van der Waals surface area contributed by atoms with E-state index in [-0.39, 0.29) is 5.91 Å². The summed E-state index contributed by atoms with van der Waals surface area (Å²) in [5.41, 5.74) is 3.11. The smallest absolute Gasteiger partial charge is 0.276 e. The summed E-state index contributed by atoms with van der Waals surface area (Å²) in [4.78, 5) is 17.2. The normalized spacial score (nSPS) is 15.1. The number of carbonyl (C=O) groups is 1. The molecule has 0 bridgehead atoms. The molecule has 4 rings (SSSR count). The molecule has 1 aliphatic rings. The van der Waals surface area contributed by atoms with Gasteiger partial charge in [-0.3, -0.25) is 9.69 Å². The molecule has 1 saturated heterocycles. The quantitative estimate of drug-likeness (QED) is 0.630. The molecular weight excluding hydrogens is 398 g/mol. The van der Waals surface area contributed by atoms with Crippen molar-refractivity contribution in [2.75, 3.05) is 32.7 Å². The largest absolute Gasteiger partial charge is 0.335 e. The van der Waals surface area contributed by atoms with Crippen LogP contribution in [-0.2, 0) is 0 Å². The van der Waals surface area contributed by atoms with Crippen molar-refractivity contribution in [3.63, 3.8) is 0 Å². The van der Waals surface area contributed by atoms with Gasteiger partial charge in [0.15, 0.2) is 5.69 Å². The first kappa shape index (κ1) is 20.3. The van der Waals surface area contributed by atoms with Crippen molar-refractivity contribution >= 4 is 23.6 Å². The Bertz CT molecular complexity index is 1040. The third kappa shape index (κ3) is 4.61. The van der Waals surface area contributed by atoms with Crippen LogP contribution in [-0.4, -0.2) is 63.4 Å². The van der Waals surface area contributed by atoms with Crippen molar-refractivity contribution < 1.29 is 4.79 Å². The third-order valence-corrected chi connectivity index (χ3v) is 5.52.